The minimum atomic E-state index is -0.662. The molecule has 1 fully saturated rings. The smallest absolute Gasteiger partial charge is 0.256 e. The van der Waals surface area contributed by atoms with Gasteiger partial charge in [0.05, 0.1) is 24.8 Å². The highest BCUT2D eigenvalue weighted by Crippen LogP contribution is 2.38. The van der Waals surface area contributed by atoms with Gasteiger partial charge in [-0.15, -0.1) is 0 Å². The number of ether oxygens (including phenoxy) is 3. The zero-order chi connectivity index (χ0) is 25.5. The number of rotatable bonds is 5. The summed E-state index contributed by atoms with van der Waals surface area (Å²) in [5.41, 5.74) is 3.35. The van der Waals surface area contributed by atoms with Crippen LogP contribution in [0.2, 0.25) is 0 Å². The normalized spacial score (nSPS) is 19.5. The van der Waals surface area contributed by atoms with E-state index in [0.29, 0.717) is 34.9 Å². The minimum absolute atomic E-state index is 0.146. The molecule has 9 nitrogen and oxygen atoms in total. The van der Waals surface area contributed by atoms with Gasteiger partial charge in [-0.2, -0.15) is 0 Å². The molecule has 3 aliphatic heterocycles. The lowest BCUT2D eigenvalue weighted by Gasteiger charge is -2.20. The number of hydrogen-bond acceptors (Lipinski definition) is 6. The van der Waals surface area contributed by atoms with Crippen LogP contribution in [0, 0.1) is 0 Å². The number of nitrogens with one attached hydrogen (secondary N) is 2. The molecule has 0 spiro atoms. The fourth-order valence-corrected chi connectivity index (χ4v) is 5.17. The van der Waals surface area contributed by atoms with E-state index in [1.807, 2.05) is 42.5 Å². The van der Waals surface area contributed by atoms with Gasteiger partial charge in [0, 0.05) is 18.2 Å². The molecule has 2 N–H and O–H groups in total. The second-order valence-corrected chi connectivity index (χ2v) is 9.28. The van der Waals surface area contributed by atoms with Gasteiger partial charge in [-0.3, -0.25) is 14.4 Å². The van der Waals surface area contributed by atoms with Crippen molar-refractivity contribution < 1.29 is 28.6 Å². The maximum Gasteiger partial charge on any atom is 0.256 e. The number of hydrogen-bond donors (Lipinski definition) is 2. The molecule has 3 amide bonds. The summed E-state index contributed by atoms with van der Waals surface area (Å²) in [7, 11) is 1.56. The van der Waals surface area contributed by atoms with E-state index < -0.39 is 6.04 Å². The number of para-hydroxylation sites is 1. The number of carbonyl (C=O) groups excluding carboxylic acids is 3. The lowest BCUT2D eigenvalue weighted by atomic mass is 10.0. The fraction of sp³-hybridized carbons (Fsp3) is 0.250. The van der Waals surface area contributed by atoms with Crippen LogP contribution in [0.25, 0.3) is 11.1 Å². The van der Waals surface area contributed by atoms with Gasteiger partial charge in [0.1, 0.15) is 11.8 Å². The lowest BCUT2D eigenvalue weighted by Crippen LogP contribution is -2.41. The average Bonchev–Trinajstić information content (AvgIpc) is 3.53. The lowest BCUT2D eigenvalue weighted by molar-refractivity contribution is -0.121. The first-order valence-electron chi connectivity index (χ1n) is 12.1. The van der Waals surface area contributed by atoms with Crippen molar-refractivity contribution in [2.24, 2.45) is 0 Å². The molecule has 188 valence electrons. The second kappa shape index (κ2) is 9.16. The van der Waals surface area contributed by atoms with Crippen molar-refractivity contribution in [2.45, 2.75) is 24.9 Å². The Morgan fingerprint density at radius 2 is 1.84 bits per heavy atom. The molecule has 1 saturated heterocycles. The van der Waals surface area contributed by atoms with Crippen molar-refractivity contribution in [3.63, 3.8) is 0 Å². The number of fused-ring (bicyclic) bond motifs is 3. The average molecular weight is 500 g/mol. The molecule has 3 heterocycles. The Labute approximate surface area is 213 Å². The summed E-state index contributed by atoms with van der Waals surface area (Å²) in [6, 6.07) is 17.4. The van der Waals surface area contributed by atoms with E-state index in [4.69, 9.17) is 14.2 Å². The van der Waals surface area contributed by atoms with E-state index in [1.54, 1.807) is 30.2 Å². The van der Waals surface area contributed by atoms with Crippen LogP contribution in [-0.4, -0.2) is 55.2 Å². The van der Waals surface area contributed by atoms with Crippen LogP contribution in [0.3, 0.4) is 0 Å². The number of methoxy groups -OCH3 is 1. The number of benzene rings is 3. The van der Waals surface area contributed by atoms with Gasteiger partial charge in [-0.1, -0.05) is 30.3 Å². The largest absolute Gasteiger partial charge is 0.496 e. The molecule has 0 saturated carbocycles. The molecule has 3 aromatic carbocycles. The topological polar surface area (TPSA) is 106 Å². The quantitative estimate of drug-likeness (QED) is 0.559. The Morgan fingerprint density at radius 1 is 1.05 bits per heavy atom. The van der Waals surface area contributed by atoms with Gasteiger partial charge < -0.3 is 29.7 Å². The molecule has 3 aliphatic rings. The molecule has 6 rings (SSSR count). The third-order valence-electron chi connectivity index (χ3n) is 6.99. The first-order chi connectivity index (χ1) is 18.0. The van der Waals surface area contributed by atoms with Crippen LogP contribution in [0.4, 0.5) is 5.69 Å². The Bertz CT molecular complexity index is 1420. The maximum atomic E-state index is 13.6. The summed E-state index contributed by atoms with van der Waals surface area (Å²) >= 11 is 0. The van der Waals surface area contributed by atoms with E-state index in [2.05, 4.69) is 10.6 Å². The molecule has 37 heavy (non-hydrogen) atoms. The van der Waals surface area contributed by atoms with Gasteiger partial charge in [0.15, 0.2) is 11.5 Å². The van der Waals surface area contributed by atoms with E-state index in [-0.39, 0.29) is 43.5 Å². The highest BCUT2D eigenvalue weighted by atomic mass is 16.7. The molecule has 2 unspecified atom stereocenters. The van der Waals surface area contributed by atoms with E-state index in [9.17, 15) is 14.4 Å². The van der Waals surface area contributed by atoms with Crippen molar-refractivity contribution in [1.29, 1.82) is 0 Å². The Morgan fingerprint density at radius 3 is 2.70 bits per heavy atom. The van der Waals surface area contributed by atoms with E-state index >= 15 is 0 Å². The maximum absolute atomic E-state index is 13.6. The number of anilines is 1. The third kappa shape index (κ3) is 4.22. The van der Waals surface area contributed by atoms with Crippen LogP contribution in [0.1, 0.15) is 22.3 Å². The van der Waals surface area contributed by atoms with Gasteiger partial charge in [-0.05, 0) is 47.9 Å². The van der Waals surface area contributed by atoms with Crippen molar-refractivity contribution in [3.05, 3.63) is 71.8 Å². The van der Waals surface area contributed by atoms with Crippen LogP contribution < -0.4 is 24.8 Å². The predicted octanol–water partition coefficient (Wildman–Crippen LogP) is 2.99. The zero-order valence-corrected chi connectivity index (χ0v) is 20.2. The number of carbonyl (C=O) groups is 3. The summed E-state index contributed by atoms with van der Waals surface area (Å²) < 4.78 is 16.2. The molecular formula is C28H25N3O6. The van der Waals surface area contributed by atoms with Crippen LogP contribution >= 0.6 is 0 Å². The van der Waals surface area contributed by atoms with Crippen molar-refractivity contribution in [1.82, 2.24) is 10.2 Å². The third-order valence-corrected chi connectivity index (χ3v) is 6.99. The highest BCUT2D eigenvalue weighted by molar-refractivity contribution is 6.11. The molecule has 0 aliphatic carbocycles. The Balaban J connectivity index is 1.20. The summed E-state index contributed by atoms with van der Waals surface area (Å²) in [5.74, 6) is 1.28. The van der Waals surface area contributed by atoms with Crippen molar-refractivity contribution in [2.75, 3.05) is 25.8 Å². The summed E-state index contributed by atoms with van der Waals surface area (Å²) in [6.07, 6.45) is 0.491. The standard InChI is InChI=1S/C28H25N3O6/c1-35-23-5-3-2-4-18(23)12-26(32)29-19-13-22-27(33)30-21-8-6-16(10-20(21)28(34)31(22)14-19)17-7-9-24-25(11-17)37-15-36-24/h2-11,19,22H,12-15H2,1H3,(H,29,32)(H,30,33). The zero-order valence-electron chi connectivity index (χ0n) is 20.2. The van der Waals surface area contributed by atoms with Gasteiger partial charge in [0.25, 0.3) is 5.91 Å². The number of amides is 3. The predicted molar refractivity (Wildman–Crippen MR) is 135 cm³/mol. The Kier molecular flexibility index (Phi) is 5.67. The highest BCUT2D eigenvalue weighted by Gasteiger charge is 2.43. The molecular weight excluding hydrogens is 474 g/mol. The molecule has 2 atom stereocenters. The molecule has 0 aromatic heterocycles. The second-order valence-electron chi connectivity index (χ2n) is 9.28. The molecule has 9 heteroatoms. The van der Waals surface area contributed by atoms with Crippen molar-refractivity contribution >= 4 is 23.4 Å². The summed E-state index contributed by atoms with van der Waals surface area (Å²) in [5, 5.41) is 5.89. The van der Waals surface area contributed by atoms with Gasteiger partial charge in [0.2, 0.25) is 18.6 Å². The Hall–Kier alpha value is -4.53. The number of nitrogens with zero attached hydrogens (tertiary/aromatic N) is 1. The summed E-state index contributed by atoms with van der Waals surface area (Å²) in [4.78, 5) is 40.9. The van der Waals surface area contributed by atoms with Crippen LogP contribution in [0.15, 0.2) is 60.7 Å². The molecule has 0 bridgehead atoms. The molecule has 0 radical (unpaired) electrons. The molecule has 3 aromatic rings. The van der Waals surface area contributed by atoms with Crippen LogP contribution in [0.5, 0.6) is 17.2 Å². The fourth-order valence-electron chi connectivity index (χ4n) is 5.17. The van der Waals surface area contributed by atoms with E-state index in [1.165, 1.54) is 0 Å². The van der Waals surface area contributed by atoms with Crippen molar-refractivity contribution in [3.8, 4) is 28.4 Å². The monoisotopic (exact) mass is 499 g/mol. The minimum Gasteiger partial charge on any atom is -0.496 e. The SMILES string of the molecule is COc1ccccc1CC(=O)NC1CC2C(=O)Nc3ccc(-c4ccc5c(c4)OCO5)cc3C(=O)N2C1. The van der Waals surface area contributed by atoms with Gasteiger partial charge in [-0.25, -0.2) is 0 Å². The van der Waals surface area contributed by atoms with Gasteiger partial charge >= 0.3 is 0 Å². The first-order valence-corrected chi connectivity index (χ1v) is 12.1. The van der Waals surface area contributed by atoms with Crippen LogP contribution in [-0.2, 0) is 16.0 Å². The van der Waals surface area contributed by atoms with E-state index in [0.717, 1.165) is 16.7 Å². The summed E-state index contributed by atoms with van der Waals surface area (Å²) in [6.45, 7) is 0.433. The first kappa shape index (κ1) is 22.9.